The van der Waals surface area contributed by atoms with Crippen molar-refractivity contribution >= 4 is 11.9 Å². The first-order valence-electron chi connectivity index (χ1n) is 5.38. The Morgan fingerprint density at radius 3 is 2.12 bits per heavy atom. The predicted molar refractivity (Wildman–Crippen MR) is 59.1 cm³/mol. The van der Waals surface area contributed by atoms with Crippen LogP contribution in [0.2, 0.25) is 0 Å². The summed E-state index contributed by atoms with van der Waals surface area (Å²) in [4.78, 5) is 21.6. The number of carboxylic acids is 1. The Morgan fingerprint density at radius 1 is 1.18 bits per heavy atom. The van der Waals surface area contributed by atoms with Gasteiger partial charge >= 0.3 is 11.9 Å². The summed E-state index contributed by atoms with van der Waals surface area (Å²) in [5.74, 6) is -4.80. The summed E-state index contributed by atoms with van der Waals surface area (Å²) in [7, 11) is 0. The van der Waals surface area contributed by atoms with Gasteiger partial charge in [0.1, 0.15) is 0 Å². The lowest BCUT2D eigenvalue weighted by molar-refractivity contribution is -0.214. The quantitative estimate of drug-likeness (QED) is 0.467. The van der Waals surface area contributed by atoms with Crippen LogP contribution in [0.3, 0.4) is 0 Å². The van der Waals surface area contributed by atoms with E-state index in [4.69, 9.17) is 9.84 Å². The molecule has 6 heteroatoms. The van der Waals surface area contributed by atoms with E-state index in [0.717, 1.165) is 0 Å². The number of ether oxygens (including phenoxy) is 1. The molecule has 0 aliphatic heterocycles. The van der Waals surface area contributed by atoms with E-state index in [9.17, 15) is 19.8 Å². The van der Waals surface area contributed by atoms with E-state index in [1.165, 1.54) is 0 Å². The Hall–Kier alpha value is -1.14. The molecule has 17 heavy (non-hydrogen) atoms. The lowest BCUT2D eigenvalue weighted by Gasteiger charge is -2.23. The Kier molecular flexibility index (Phi) is 5.57. The van der Waals surface area contributed by atoms with Crippen LogP contribution in [0.1, 0.15) is 40.0 Å². The maximum atomic E-state index is 11.3. The van der Waals surface area contributed by atoms with Crippen molar-refractivity contribution < 1.29 is 29.6 Å². The second-order valence-electron chi connectivity index (χ2n) is 5.20. The lowest BCUT2D eigenvalue weighted by atomic mass is 9.98. The van der Waals surface area contributed by atoms with Crippen LogP contribution in [0.25, 0.3) is 0 Å². The van der Waals surface area contributed by atoms with E-state index in [-0.39, 0.29) is 31.3 Å². The Bertz CT molecular complexity index is 276. The molecule has 0 atom stereocenters. The molecular weight excluding hydrogens is 228 g/mol. The molecule has 0 bridgehead atoms. The molecule has 0 aliphatic carbocycles. The van der Waals surface area contributed by atoms with E-state index < -0.39 is 17.7 Å². The van der Waals surface area contributed by atoms with Crippen LogP contribution in [-0.2, 0) is 14.3 Å². The van der Waals surface area contributed by atoms with E-state index >= 15 is 0 Å². The van der Waals surface area contributed by atoms with Crippen molar-refractivity contribution in [1.29, 1.82) is 0 Å². The van der Waals surface area contributed by atoms with E-state index in [1.807, 2.05) is 20.8 Å². The number of aliphatic hydroxyl groups is 2. The molecule has 0 aromatic rings. The van der Waals surface area contributed by atoms with Gasteiger partial charge in [-0.1, -0.05) is 20.8 Å². The average Bonchev–Trinajstić information content (AvgIpc) is 2.11. The minimum atomic E-state index is -2.61. The molecule has 3 N–H and O–H groups in total. The number of carbonyl (C=O) groups excluding carboxylic acids is 1. The molecule has 0 spiro atoms. The Labute approximate surface area is 100 Å². The molecule has 0 aromatic carbocycles. The zero-order valence-electron chi connectivity index (χ0n) is 10.4. The number of carboxylic acid groups (broad SMARTS) is 1. The highest BCUT2D eigenvalue weighted by atomic mass is 16.6. The second kappa shape index (κ2) is 5.97. The SMILES string of the molecule is CC(C)(C)COC(=O)C(O)(O)CCCC(=O)O. The number of rotatable bonds is 6. The zero-order chi connectivity index (χ0) is 13.7. The molecule has 0 amide bonds. The van der Waals surface area contributed by atoms with Crippen molar-refractivity contribution in [3.63, 3.8) is 0 Å². The van der Waals surface area contributed by atoms with Crippen LogP contribution in [0.5, 0.6) is 0 Å². The Balaban J connectivity index is 4.11. The molecule has 0 unspecified atom stereocenters. The molecular formula is C11H20O6. The first kappa shape index (κ1) is 15.9. The third kappa shape index (κ3) is 7.70. The summed E-state index contributed by atoms with van der Waals surface area (Å²) in [6.45, 7) is 5.57. The first-order valence-corrected chi connectivity index (χ1v) is 5.38. The number of esters is 1. The van der Waals surface area contributed by atoms with E-state index in [2.05, 4.69) is 0 Å². The number of carbonyl (C=O) groups is 2. The van der Waals surface area contributed by atoms with Gasteiger partial charge in [-0.15, -0.1) is 0 Å². The van der Waals surface area contributed by atoms with Crippen LogP contribution < -0.4 is 0 Å². The van der Waals surface area contributed by atoms with Crippen LogP contribution in [0, 0.1) is 5.41 Å². The van der Waals surface area contributed by atoms with E-state index in [0.29, 0.717) is 0 Å². The fraction of sp³-hybridized carbons (Fsp3) is 0.818. The normalized spacial score (nSPS) is 12.3. The monoisotopic (exact) mass is 248 g/mol. The molecule has 100 valence electrons. The van der Waals surface area contributed by atoms with Crippen molar-refractivity contribution in [1.82, 2.24) is 0 Å². The van der Waals surface area contributed by atoms with Gasteiger partial charge < -0.3 is 20.1 Å². The zero-order valence-corrected chi connectivity index (χ0v) is 10.4. The maximum Gasteiger partial charge on any atom is 0.366 e. The van der Waals surface area contributed by atoms with Gasteiger partial charge in [-0.2, -0.15) is 0 Å². The van der Waals surface area contributed by atoms with Gasteiger partial charge in [0, 0.05) is 12.8 Å². The fourth-order valence-corrected chi connectivity index (χ4v) is 0.986. The minimum absolute atomic E-state index is 0.00699. The van der Waals surface area contributed by atoms with Gasteiger partial charge in [-0.3, -0.25) is 4.79 Å². The van der Waals surface area contributed by atoms with Crippen molar-refractivity contribution in [3.05, 3.63) is 0 Å². The van der Waals surface area contributed by atoms with Crippen molar-refractivity contribution in [3.8, 4) is 0 Å². The van der Waals surface area contributed by atoms with Crippen LogP contribution >= 0.6 is 0 Å². The number of hydrogen-bond acceptors (Lipinski definition) is 5. The molecule has 0 radical (unpaired) electrons. The minimum Gasteiger partial charge on any atom is -0.481 e. The third-order valence-electron chi connectivity index (χ3n) is 1.88. The maximum absolute atomic E-state index is 11.3. The smallest absolute Gasteiger partial charge is 0.366 e. The standard InChI is InChI=1S/C11H20O6/c1-10(2,3)7-17-9(14)11(15,16)6-4-5-8(12)13/h15-16H,4-7H2,1-3H3,(H,12,13). The van der Waals surface area contributed by atoms with Gasteiger partial charge in [0.25, 0.3) is 5.79 Å². The Morgan fingerprint density at radius 2 is 1.71 bits per heavy atom. The first-order chi connectivity index (χ1) is 7.54. The summed E-state index contributed by atoms with van der Waals surface area (Å²) < 4.78 is 4.74. The molecule has 0 heterocycles. The number of hydrogen-bond donors (Lipinski definition) is 3. The summed E-state index contributed by atoms with van der Waals surface area (Å²) >= 11 is 0. The molecule has 0 aliphatic rings. The van der Waals surface area contributed by atoms with Gasteiger partial charge in [0.2, 0.25) is 0 Å². The second-order valence-corrected chi connectivity index (χ2v) is 5.20. The van der Waals surface area contributed by atoms with Crippen molar-refractivity contribution in [2.45, 2.75) is 45.8 Å². The van der Waals surface area contributed by atoms with E-state index in [1.54, 1.807) is 0 Å². The molecule has 0 rings (SSSR count). The van der Waals surface area contributed by atoms with Crippen LogP contribution in [0.4, 0.5) is 0 Å². The predicted octanol–water partition coefficient (Wildman–Crippen LogP) is 0.512. The highest BCUT2D eigenvalue weighted by Crippen LogP contribution is 2.17. The molecule has 0 saturated carbocycles. The topological polar surface area (TPSA) is 104 Å². The molecule has 0 aromatic heterocycles. The highest BCUT2D eigenvalue weighted by Gasteiger charge is 2.35. The summed E-state index contributed by atoms with van der Waals surface area (Å²) in [6, 6.07) is 0. The van der Waals surface area contributed by atoms with Crippen LogP contribution in [0.15, 0.2) is 0 Å². The largest absolute Gasteiger partial charge is 0.481 e. The van der Waals surface area contributed by atoms with Gasteiger partial charge in [0.05, 0.1) is 6.61 Å². The van der Waals surface area contributed by atoms with Crippen LogP contribution in [-0.4, -0.2) is 39.7 Å². The highest BCUT2D eigenvalue weighted by molar-refractivity contribution is 5.77. The molecule has 0 saturated heterocycles. The summed E-state index contributed by atoms with van der Waals surface area (Å²) in [5.41, 5.74) is -0.271. The molecule has 0 fully saturated rings. The molecule has 6 nitrogen and oxygen atoms in total. The van der Waals surface area contributed by atoms with Gasteiger partial charge in [-0.25, -0.2) is 4.79 Å². The lowest BCUT2D eigenvalue weighted by Crippen LogP contribution is -2.41. The average molecular weight is 248 g/mol. The van der Waals surface area contributed by atoms with Gasteiger partial charge in [-0.05, 0) is 11.8 Å². The van der Waals surface area contributed by atoms with Crippen molar-refractivity contribution in [2.75, 3.05) is 6.61 Å². The summed E-state index contributed by atoms with van der Waals surface area (Å²) in [5, 5.41) is 27.1. The fourth-order valence-electron chi connectivity index (χ4n) is 0.986. The summed E-state index contributed by atoms with van der Waals surface area (Å²) in [6.07, 6.45) is -0.593. The third-order valence-corrected chi connectivity index (χ3v) is 1.88. The van der Waals surface area contributed by atoms with Crippen molar-refractivity contribution in [2.24, 2.45) is 5.41 Å². The van der Waals surface area contributed by atoms with Gasteiger partial charge in [0.15, 0.2) is 0 Å². The number of aliphatic carboxylic acids is 1.